The summed E-state index contributed by atoms with van der Waals surface area (Å²) in [5, 5.41) is 13.6. The summed E-state index contributed by atoms with van der Waals surface area (Å²) in [6.07, 6.45) is 1.80. The van der Waals surface area contributed by atoms with E-state index < -0.39 is 0 Å². The van der Waals surface area contributed by atoms with Gasteiger partial charge in [-0.25, -0.2) is 4.98 Å². The highest BCUT2D eigenvalue weighted by Crippen LogP contribution is 2.21. The van der Waals surface area contributed by atoms with E-state index in [-0.39, 0.29) is 5.38 Å². The van der Waals surface area contributed by atoms with Gasteiger partial charge in [-0.05, 0) is 6.92 Å². The van der Waals surface area contributed by atoms with Gasteiger partial charge in [-0.15, -0.1) is 28.0 Å². The molecule has 0 radical (unpaired) electrons. The van der Waals surface area contributed by atoms with Gasteiger partial charge in [-0.3, -0.25) is 0 Å². The van der Waals surface area contributed by atoms with Crippen LogP contribution in [0, 0.1) is 0 Å². The van der Waals surface area contributed by atoms with Gasteiger partial charge in [0.15, 0.2) is 0 Å². The van der Waals surface area contributed by atoms with Gasteiger partial charge in [-0.2, -0.15) is 0 Å². The van der Waals surface area contributed by atoms with Crippen molar-refractivity contribution in [1.29, 1.82) is 0 Å². The van der Waals surface area contributed by atoms with Crippen LogP contribution in [-0.2, 0) is 0 Å². The number of aromatic nitrogens is 3. The summed E-state index contributed by atoms with van der Waals surface area (Å²) >= 11 is 7.47. The monoisotopic (exact) mass is 272 g/mol. The standard InChI is InChI=1S/C10H13ClN4OS/c1-6(9-12-3-4-17-9)5-13-10-15-14-8(16-10)7(2)11/h3-4,6-7H,5H2,1-2H3,(H,13,15). The molecule has 1 N–H and O–H groups in total. The molecule has 0 bridgehead atoms. The molecule has 0 aliphatic heterocycles. The number of nitrogens with zero attached hydrogens (tertiary/aromatic N) is 3. The second kappa shape index (κ2) is 5.46. The Morgan fingerprint density at radius 1 is 1.47 bits per heavy atom. The van der Waals surface area contributed by atoms with Gasteiger partial charge < -0.3 is 9.73 Å². The molecule has 2 aromatic heterocycles. The van der Waals surface area contributed by atoms with Crippen LogP contribution in [0.3, 0.4) is 0 Å². The van der Waals surface area contributed by atoms with Crippen molar-refractivity contribution in [3.05, 3.63) is 22.5 Å². The number of hydrogen-bond acceptors (Lipinski definition) is 6. The van der Waals surface area contributed by atoms with E-state index in [0.717, 1.165) is 5.01 Å². The van der Waals surface area contributed by atoms with Crippen molar-refractivity contribution in [3.8, 4) is 0 Å². The van der Waals surface area contributed by atoms with Crippen molar-refractivity contribution in [3.63, 3.8) is 0 Å². The Morgan fingerprint density at radius 3 is 2.88 bits per heavy atom. The highest BCUT2D eigenvalue weighted by Gasteiger charge is 2.13. The maximum Gasteiger partial charge on any atom is 0.315 e. The molecule has 0 aliphatic rings. The molecule has 2 atom stereocenters. The molecule has 92 valence electrons. The second-order valence-corrected chi connectivity index (χ2v) is 5.29. The Balaban J connectivity index is 1.89. The van der Waals surface area contributed by atoms with Gasteiger partial charge in [0.2, 0.25) is 5.89 Å². The van der Waals surface area contributed by atoms with Crippen LogP contribution in [0.15, 0.2) is 16.0 Å². The lowest BCUT2D eigenvalue weighted by molar-refractivity contribution is 0.504. The van der Waals surface area contributed by atoms with Gasteiger partial charge in [-0.1, -0.05) is 12.0 Å². The fourth-order valence-electron chi connectivity index (χ4n) is 1.27. The highest BCUT2D eigenvalue weighted by atomic mass is 35.5. The summed E-state index contributed by atoms with van der Waals surface area (Å²) in [5.41, 5.74) is 0. The van der Waals surface area contributed by atoms with Gasteiger partial charge >= 0.3 is 6.01 Å². The van der Waals surface area contributed by atoms with E-state index in [1.165, 1.54) is 0 Å². The minimum Gasteiger partial charge on any atom is -0.407 e. The average Bonchev–Trinajstić information content (AvgIpc) is 2.97. The van der Waals surface area contributed by atoms with Crippen LogP contribution in [0.2, 0.25) is 0 Å². The molecule has 5 nitrogen and oxygen atoms in total. The first kappa shape index (κ1) is 12.3. The van der Waals surface area contributed by atoms with Crippen LogP contribution in [0.1, 0.15) is 36.0 Å². The van der Waals surface area contributed by atoms with Crippen molar-refractivity contribution >= 4 is 29.0 Å². The highest BCUT2D eigenvalue weighted by molar-refractivity contribution is 7.09. The molecule has 0 fully saturated rings. The van der Waals surface area contributed by atoms with Crippen molar-refractivity contribution in [2.75, 3.05) is 11.9 Å². The Morgan fingerprint density at radius 2 is 2.29 bits per heavy atom. The van der Waals surface area contributed by atoms with Crippen LogP contribution in [-0.4, -0.2) is 21.7 Å². The summed E-state index contributed by atoms with van der Waals surface area (Å²) in [6.45, 7) is 4.58. The van der Waals surface area contributed by atoms with Gasteiger partial charge in [0.05, 0.1) is 5.01 Å². The van der Waals surface area contributed by atoms with Gasteiger partial charge in [0, 0.05) is 24.0 Å². The lowest BCUT2D eigenvalue weighted by Gasteiger charge is -2.07. The van der Waals surface area contributed by atoms with Crippen molar-refractivity contribution in [2.45, 2.75) is 25.1 Å². The summed E-state index contributed by atoms with van der Waals surface area (Å²) in [7, 11) is 0. The summed E-state index contributed by atoms with van der Waals surface area (Å²) in [6, 6.07) is 0.399. The van der Waals surface area contributed by atoms with Crippen molar-refractivity contribution < 1.29 is 4.42 Å². The second-order valence-electron chi connectivity index (χ2n) is 3.71. The number of nitrogens with one attached hydrogen (secondary N) is 1. The van der Waals surface area contributed by atoms with Crippen LogP contribution >= 0.6 is 22.9 Å². The fraction of sp³-hybridized carbons (Fsp3) is 0.500. The topological polar surface area (TPSA) is 63.8 Å². The SMILES string of the molecule is CC(Cl)c1nnc(NCC(C)c2nccs2)o1. The Labute approximate surface area is 108 Å². The predicted molar refractivity (Wildman–Crippen MR) is 67.6 cm³/mol. The zero-order valence-electron chi connectivity index (χ0n) is 9.55. The van der Waals surface area contributed by atoms with E-state index in [1.807, 2.05) is 5.38 Å². The van der Waals surface area contributed by atoms with Crippen LogP contribution < -0.4 is 5.32 Å². The van der Waals surface area contributed by atoms with Crippen LogP contribution in [0.4, 0.5) is 6.01 Å². The minimum atomic E-state index is -0.269. The first-order valence-electron chi connectivity index (χ1n) is 5.27. The number of rotatable bonds is 5. The predicted octanol–water partition coefficient (Wildman–Crippen LogP) is 3.04. The van der Waals surface area contributed by atoms with Crippen LogP contribution in [0.5, 0.6) is 0 Å². The Hall–Kier alpha value is -1.14. The maximum absolute atomic E-state index is 5.83. The molecule has 7 heteroatoms. The first-order chi connectivity index (χ1) is 8.16. The molecule has 0 spiro atoms. The summed E-state index contributed by atoms with van der Waals surface area (Å²) in [5.74, 6) is 0.731. The molecule has 0 saturated heterocycles. The lowest BCUT2D eigenvalue weighted by Crippen LogP contribution is -2.09. The van der Waals surface area contributed by atoms with E-state index in [0.29, 0.717) is 24.4 Å². The number of thiazole rings is 1. The summed E-state index contributed by atoms with van der Waals surface area (Å²) in [4.78, 5) is 4.25. The largest absolute Gasteiger partial charge is 0.407 e. The fourth-order valence-corrected chi connectivity index (χ4v) is 2.06. The zero-order valence-corrected chi connectivity index (χ0v) is 11.1. The van der Waals surface area contributed by atoms with E-state index in [4.69, 9.17) is 16.0 Å². The molecule has 0 amide bonds. The molecule has 0 saturated carbocycles. The molecule has 0 aliphatic carbocycles. The van der Waals surface area contributed by atoms with Gasteiger partial charge in [0.25, 0.3) is 0 Å². The molecular formula is C10H13ClN4OS. The molecular weight excluding hydrogens is 260 g/mol. The van der Waals surface area contributed by atoms with Crippen LogP contribution in [0.25, 0.3) is 0 Å². The van der Waals surface area contributed by atoms with E-state index in [9.17, 15) is 0 Å². The van der Waals surface area contributed by atoms with E-state index in [1.54, 1.807) is 24.5 Å². The molecule has 2 rings (SSSR count). The van der Waals surface area contributed by atoms with Crippen molar-refractivity contribution in [1.82, 2.24) is 15.2 Å². The van der Waals surface area contributed by atoms with E-state index in [2.05, 4.69) is 27.4 Å². The smallest absolute Gasteiger partial charge is 0.315 e. The number of alkyl halides is 1. The molecule has 17 heavy (non-hydrogen) atoms. The molecule has 0 aromatic carbocycles. The lowest BCUT2D eigenvalue weighted by atomic mass is 10.2. The number of anilines is 1. The molecule has 2 heterocycles. The average molecular weight is 273 g/mol. The minimum absolute atomic E-state index is 0.269. The first-order valence-corrected chi connectivity index (χ1v) is 6.59. The third-order valence-corrected chi connectivity index (χ3v) is 3.41. The summed E-state index contributed by atoms with van der Waals surface area (Å²) < 4.78 is 5.33. The molecule has 2 unspecified atom stereocenters. The maximum atomic E-state index is 5.83. The Bertz CT molecular complexity index is 457. The van der Waals surface area contributed by atoms with Crippen molar-refractivity contribution in [2.24, 2.45) is 0 Å². The van der Waals surface area contributed by atoms with Gasteiger partial charge in [0.1, 0.15) is 5.38 Å². The number of hydrogen-bond donors (Lipinski definition) is 1. The number of halogens is 1. The zero-order chi connectivity index (χ0) is 12.3. The third-order valence-electron chi connectivity index (χ3n) is 2.21. The third kappa shape index (κ3) is 3.17. The Kier molecular flexibility index (Phi) is 3.96. The normalized spacial score (nSPS) is 14.5. The quantitative estimate of drug-likeness (QED) is 0.848. The van der Waals surface area contributed by atoms with E-state index >= 15 is 0 Å². The molecule has 2 aromatic rings.